The van der Waals surface area contributed by atoms with Gasteiger partial charge in [0.1, 0.15) is 0 Å². The van der Waals surface area contributed by atoms with E-state index in [2.05, 4.69) is 0 Å². The zero-order chi connectivity index (χ0) is 11.8. The van der Waals surface area contributed by atoms with E-state index in [9.17, 15) is 4.79 Å². The van der Waals surface area contributed by atoms with Crippen LogP contribution in [0.5, 0.6) is 0 Å². The first-order chi connectivity index (χ1) is 7.56. The number of rotatable bonds is 2. The van der Waals surface area contributed by atoms with Crippen molar-refractivity contribution in [2.24, 2.45) is 5.41 Å². The molecule has 0 aromatic rings. The molecule has 0 bridgehead atoms. The predicted molar refractivity (Wildman–Crippen MR) is 63.6 cm³/mol. The van der Waals surface area contributed by atoms with Crippen molar-refractivity contribution in [2.45, 2.75) is 45.3 Å². The third kappa shape index (κ3) is 2.07. The topological polar surface area (TPSA) is 29.5 Å². The fourth-order valence-corrected chi connectivity index (χ4v) is 2.74. The van der Waals surface area contributed by atoms with E-state index in [0.717, 1.165) is 19.4 Å². The van der Waals surface area contributed by atoms with Gasteiger partial charge in [-0.15, -0.1) is 11.6 Å². The van der Waals surface area contributed by atoms with Gasteiger partial charge in [0.05, 0.1) is 24.2 Å². The first-order valence-corrected chi connectivity index (χ1v) is 6.58. The Balaban J connectivity index is 2.11. The highest BCUT2D eigenvalue weighted by molar-refractivity contribution is 6.19. The summed E-state index contributed by atoms with van der Waals surface area (Å²) in [6.07, 6.45) is 3.61. The maximum atomic E-state index is 12.4. The van der Waals surface area contributed by atoms with Gasteiger partial charge in [0.15, 0.2) is 0 Å². The molecule has 0 spiro atoms. The van der Waals surface area contributed by atoms with E-state index in [1.165, 1.54) is 6.42 Å². The molecule has 16 heavy (non-hydrogen) atoms. The molecular weight excluding hydrogens is 226 g/mol. The number of hydrogen-bond donors (Lipinski definition) is 0. The number of alkyl halides is 1. The summed E-state index contributed by atoms with van der Waals surface area (Å²) < 4.78 is 5.70. The van der Waals surface area contributed by atoms with Crippen molar-refractivity contribution in [1.82, 2.24) is 4.90 Å². The minimum atomic E-state index is -0.452. The predicted octanol–water partition coefficient (Wildman–Crippen LogP) is 2.03. The van der Waals surface area contributed by atoms with Gasteiger partial charge in [-0.05, 0) is 33.1 Å². The van der Waals surface area contributed by atoms with E-state index in [1.807, 2.05) is 18.7 Å². The summed E-state index contributed by atoms with van der Waals surface area (Å²) in [4.78, 5) is 14.4. The van der Waals surface area contributed by atoms with E-state index >= 15 is 0 Å². The van der Waals surface area contributed by atoms with Gasteiger partial charge < -0.3 is 9.64 Å². The Labute approximate surface area is 102 Å². The summed E-state index contributed by atoms with van der Waals surface area (Å²) in [6.45, 7) is 5.23. The zero-order valence-electron chi connectivity index (χ0n) is 10.0. The zero-order valence-corrected chi connectivity index (χ0v) is 10.8. The van der Waals surface area contributed by atoms with Gasteiger partial charge in [-0.25, -0.2) is 0 Å². The number of ether oxygens (including phenoxy) is 1. The van der Waals surface area contributed by atoms with E-state index < -0.39 is 5.41 Å². The van der Waals surface area contributed by atoms with Crippen molar-refractivity contribution in [1.29, 1.82) is 0 Å². The van der Waals surface area contributed by atoms with Crippen molar-refractivity contribution >= 4 is 17.5 Å². The van der Waals surface area contributed by atoms with Gasteiger partial charge in [0.2, 0.25) is 5.91 Å². The molecule has 1 saturated heterocycles. The summed E-state index contributed by atoms with van der Waals surface area (Å²) in [6, 6.07) is 0.295. The third-order valence-electron chi connectivity index (χ3n) is 3.66. The molecule has 0 radical (unpaired) electrons. The van der Waals surface area contributed by atoms with Gasteiger partial charge in [0, 0.05) is 12.4 Å². The minimum Gasteiger partial charge on any atom is -0.374 e. The Morgan fingerprint density at radius 1 is 1.50 bits per heavy atom. The standard InChI is InChI=1S/C12H20ClNO2/c1-12(2,8-13)11(15)14-6-7-16-10-5-3-4-9(10)14/h9-10H,3-8H2,1-2H3. The molecule has 0 aromatic carbocycles. The normalized spacial score (nSPS) is 30.3. The molecule has 0 aromatic heterocycles. The highest BCUT2D eigenvalue weighted by Crippen LogP contribution is 2.32. The van der Waals surface area contributed by atoms with Crippen LogP contribution in [0.4, 0.5) is 0 Å². The van der Waals surface area contributed by atoms with Crippen molar-refractivity contribution in [3.05, 3.63) is 0 Å². The lowest BCUT2D eigenvalue weighted by atomic mass is 9.92. The number of hydrogen-bond acceptors (Lipinski definition) is 2. The van der Waals surface area contributed by atoms with E-state index in [4.69, 9.17) is 16.3 Å². The molecule has 1 amide bonds. The molecule has 1 aliphatic carbocycles. The molecule has 2 unspecified atom stereocenters. The lowest BCUT2D eigenvalue weighted by Gasteiger charge is -2.41. The van der Waals surface area contributed by atoms with Crippen molar-refractivity contribution < 1.29 is 9.53 Å². The molecule has 3 nitrogen and oxygen atoms in total. The summed E-state index contributed by atoms with van der Waals surface area (Å²) in [7, 11) is 0. The molecule has 92 valence electrons. The van der Waals surface area contributed by atoms with Gasteiger partial charge in [-0.3, -0.25) is 4.79 Å². The number of fused-ring (bicyclic) bond motifs is 1. The maximum absolute atomic E-state index is 12.4. The number of morpholine rings is 1. The quantitative estimate of drug-likeness (QED) is 0.697. The van der Waals surface area contributed by atoms with Crippen molar-refractivity contribution in [3.63, 3.8) is 0 Å². The molecular formula is C12H20ClNO2. The van der Waals surface area contributed by atoms with Gasteiger partial charge in [-0.1, -0.05) is 0 Å². The van der Waals surface area contributed by atoms with E-state index in [0.29, 0.717) is 18.5 Å². The molecule has 2 fully saturated rings. The molecule has 1 saturated carbocycles. The lowest BCUT2D eigenvalue weighted by Crippen LogP contribution is -2.55. The number of amides is 1. The van der Waals surface area contributed by atoms with Crippen LogP contribution >= 0.6 is 11.6 Å². The molecule has 1 aliphatic heterocycles. The maximum Gasteiger partial charge on any atom is 0.229 e. The Morgan fingerprint density at radius 2 is 2.25 bits per heavy atom. The summed E-state index contributed by atoms with van der Waals surface area (Å²) in [5.41, 5.74) is -0.452. The van der Waals surface area contributed by atoms with Crippen LogP contribution in [-0.2, 0) is 9.53 Å². The Kier molecular flexibility index (Phi) is 3.45. The Hall–Kier alpha value is -0.280. The molecule has 2 rings (SSSR count). The first kappa shape index (κ1) is 12.2. The van der Waals surface area contributed by atoms with Gasteiger partial charge in [-0.2, -0.15) is 0 Å². The molecule has 2 aliphatic rings. The van der Waals surface area contributed by atoms with Crippen LogP contribution in [0.3, 0.4) is 0 Å². The van der Waals surface area contributed by atoms with Crippen LogP contribution < -0.4 is 0 Å². The number of carbonyl (C=O) groups excluding carboxylic acids is 1. The molecule has 1 heterocycles. The number of carbonyl (C=O) groups is 1. The third-order valence-corrected chi connectivity index (χ3v) is 4.32. The van der Waals surface area contributed by atoms with Crippen LogP contribution in [0.25, 0.3) is 0 Å². The number of halogens is 1. The summed E-state index contributed by atoms with van der Waals surface area (Å²) in [5, 5.41) is 0. The summed E-state index contributed by atoms with van der Waals surface area (Å²) in [5.74, 6) is 0.559. The van der Waals surface area contributed by atoms with Crippen LogP contribution in [0.1, 0.15) is 33.1 Å². The fourth-order valence-electron chi connectivity index (χ4n) is 2.62. The Morgan fingerprint density at radius 3 is 2.94 bits per heavy atom. The molecule has 0 N–H and O–H groups in total. The fraction of sp³-hybridized carbons (Fsp3) is 0.917. The van der Waals surface area contributed by atoms with Crippen LogP contribution in [0, 0.1) is 5.41 Å². The Bertz CT molecular complexity index is 280. The largest absolute Gasteiger partial charge is 0.374 e. The second-order valence-corrected chi connectivity index (χ2v) is 5.69. The first-order valence-electron chi connectivity index (χ1n) is 6.05. The summed E-state index contributed by atoms with van der Waals surface area (Å²) >= 11 is 5.87. The van der Waals surface area contributed by atoms with Crippen LogP contribution in [0.2, 0.25) is 0 Å². The second kappa shape index (κ2) is 4.53. The van der Waals surface area contributed by atoms with Crippen LogP contribution in [-0.4, -0.2) is 42.0 Å². The molecule has 2 atom stereocenters. The van der Waals surface area contributed by atoms with Crippen molar-refractivity contribution in [3.8, 4) is 0 Å². The van der Waals surface area contributed by atoms with Gasteiger partial charge >= 0.3 is 0 Å². The monoisotopic (exact) mass is 245 g/mol. The average Bonchev–Trinajstić information content (AvgIpc) is 2.75. The minimum absolute atomic E-state index is 0.183. The second-order valence-electron chi connectivity index (χ2n) is 5.42. The highest BCUT2D eigenvalue weighted by atomic mass is 35.5. The smallest absolute Gasteiger partial charge is 0.229 e. The van der Waals surface area contributed by atoms with Crippen molar-refractivity contribution in [2.75, 3.05) is 19.0 Å². The van der Waals surface area contributed by atoms with E-state index in [-0.39, 0.29) is 12.0 Å². The number of nitrogens with zero attached hydrogens (tertiary/aromatic N) is 1. The average molecular weight is 246 g/mol. The molecule has 4 heteroatoms. The SMILES string of the molecule is CC(C)(CCl)C(=O)N1CCOC2CCCC21. The highest BCUT2D eigenvalue weighted by Gasteiger charge is 2.42. The lowest BCUT2D eigenvalue weighted by molar-refractivity contribution is -0.152. The van der Waals surface area contributed by atoms with Crippen LogP contribution in [0.15, 0.2) is 0 Å². The van der Waals surface area contributed by atoms with E-state index in [1.54, 1.807) is 0 Å². The van der Waals surface area contributed by atoms with Gasteiger partial charge in [0.25, 0.3) is 0 Å².